The fourth-order valence-corrected chi connectivity index (χ4v) is 4.80. The highest BCUT2D eigenvalue weighted by Crippen LogP contribution is 2.43. The van der Waals surface area contributed by atoms with Crippen LogP contribution >= 0.6 is 11.6 Å². The molecular formula is C26H24ClN3O4. The maximum Gasteiger partial charge on any atom is 0.203 e. The summed E-state index contributed by atoms with van der Waals surface area (Å²) in [4.78, 5) is 18.1. The average Bonchev–Trinajstić information content (AvgIpc) is 3.16. The predicted molar refractivity (Wildman–Crippen MR) is 130 cm³/mol. The Labute approximate surface area is 202 Å². The van der Waals surface area contributed by atoms with Gasteiger partial charge in [-0.1, -0.05) is 23.7 Å². The lowest BCUT2D eigenvalue weighted by molar-refractivity contribution is 0.0962. The average molecular weight is 478 g/mol. The maximum atomic E-state index is 13.2. The molecule has 2 aromatic heterocycles. The van der Waals surface area contributed by atoms with E-state index in [4.69, 9.17) is 30.8 Å². The Kier molecular flexibility index (Phi) is 5.65. The summed E-state index contributed by atoms with van der Waals surface area (Å²) in [6, 6.07) is 11.4. The van der Waals surface area contributed by atoms with Gasteiger partial charge in [-0.3, -0.25) is 4.79 Å². The standard InChI is InChI=1S/C26H24ClN3O4/c1-14-24(15-5-7-18(27)8-6-15)26-28-20-9-16(10-21(31)19(20)13-30(26)29-14)17-11-22(32-2)25(34-4)23(12-17)33-3/h5-8,11-13,16H,9-10H2,1-4H3. The van der Waals surface area contributed by atoms with Crippen LogP contribution in [0, 0.1) is 6.92 Å². The number of methoxy groups -OCH3 is 3. The molecular weight excluding hydrogens is 454 g/mol. The Morgan fingerprint density at radius 2 is 1.68 bits per heavy atom. The molecule has 0 saturated heterocycles. The van der Waals surface area contributed by atoms with Gasteiger partial charge in [0.25, 0.3) is 0 Å². The van der Waals surface area contributed by atoms with Crippen LogP contribution in [0.15, 0.2) is 42.6 Å². The van der Waals surface area contributed by atoms with Gasteiger partial charge in [0.2, 0.25) is 5.75 Å². The molecule has 0 amide bonds. The molecule has 2 aromatic carbocycles. The normalized spacial score (nSPS) is 15.3. The Hall–Kier alpha value is -3.58. The van der Waals surface area contributed by atoms with Crippen molar-refractivity contribution in [2.45, 2.75) is 25.7 Å². The molecule has 0 spiro atoms. The zero-order valence-corrected chi connectivity index (χ0v) is 20.1. The predicted octanol–water partition coefficient (Wildman–Crippen LogP) is 5.30. The fraction of sp³-hybridized carbons (Fsp3) is 0.269. The van der Waals surface area contributed by atoms with Crippen LogP contribution in [0.5, 0.6) is 17.2 Å². The highest BCUT2D eigenvalue weighted by Gasteiger charge is 2.30. The molecule has 4 aromatic rings. The molecule has 8 heteroatoms. The summed E-state index contributed by atoms with van der Waals surface area (Å²) in [5.41, 5.74) is 5.79. The van der Waals surface area contributed by atoms with E-state index in [1.807, 2.05) is 43.3 Å². The van der Waals surface area contributed by atoms with Gasteiger partial charge in [0.05, 0.1) is 38.3 Å². The number of nitrogens with zero attached hydrogens (tertiary/aromatic N) is 3. The van der Waals surface area contributed by atoms with Crippen LogP contribution in [0.1, 0.15) is 39.6 Å². The molecule has 0 aliphatic heterocycles. The number of hydrogen-bond donors (Lipinski definition) is 0. The first-order valence-corrected chi connectivity index (χ1v) is 11.3. The number of carbonyl (C=O) groups is 1. The van der Waals surface area contributed by atoms with Crippen molar-refractivity contribution in [3.8, 4) is 28.4 Å². The van der Waals surface area contributed by atoms with Crippen LogP contribution in [-0.4, -0.2) is 41.7 Å². The van der Waals surface area contributed by atoms with E-state index in [1.165, 1.54) is 0 Å². The second-order valence-corrected chi connectivity index (χ2v) is 8.76. The minimum absolute atomic E-state index is 0.0376. The summed E-state index contributed by atoms with van der Waals surface area (Å²) >= 11 is 6.08. The SMILES string of the molecule is COc1cc(C2CC(=O)c3cn4nc(C)c(-c5ccc(Cl)cc5)c4nc3C2)cc(OC)c1OC. The summed E-state index contributed by atoms with van der Waals surface area (Å²) in [6.07, 6.45) is 2.78. The topological polar surface area (TPSA) is 75.0 Å². The van der Waals surface area contributed by atoms with Crippen LogP contribution in [0.3, 0.4) is 0 Å². The summed E-state index contributed by atoms with van der Waals surface area (Å²) in [5.74, 6) is 1.63. The van der Waals surface area contributed by atoms with Crippen LogP contribution in [0.25, 0.3) is 16.8 Å². The van der Waals surface area contributed by atoms with E-state index in [-0.39, 0.29) is 11.7 Å². The zero-order valence-electron chi connectivity index (χ0n) is 19.4. The molecule has 1 atom stereocenters. The molecule has 0 radical (unpaired) electrons. The van der Waals surface area contributed by atoms with Crippen molar-refractivity contribution in [3.63, 3.8) is 0 Å². The van der Waals surface area contributed by atoms with E-state index in [2.05, 4.69) is 5.10 Å². The third-order valence-electron chi connectivity index (χ3n) is 6.33. The van der Waals surface area contributed by atoms with Crippen LogP contribution in [-0.2, 0) is 6.42 Å². The van der Waals surface area contributed by atoms with E-state index in [0.29, 0.717) is 40.7 Å². The molecule has 1 aliphatic carbocycles. The number of rotatable bonds is 5. The smallest absolute Gasteiger partial charge is 0.203 e. The minimum atomic E-state index is -0.0633. The number of aryl methyl sites for hydroxylation is 1. The van der Waals surface area contributed by atoms with Crippen LogP contribution in [0.4, 0.5) is 0 Å². The largest absolute Gasteiger partial charge is 0.493 e. The molecule has 34 heavy (non-hydrogen) atoms. The molecule has 1 unspecified atom stereocenters. The molecule has 0 bridgehead atoms. The first kappa shape index (κ1) is 22.2. The van der Waals surface area contributed by atoms with Crippen molar-refractivity contribution in [1.29, 1.82) is 0 Å². The Morgan fingerprint density at radius 1 is 1.00 bits per heavy atom. The van der Waals surface area contributed by atoms with Crippen molar-refractivity contribution < 1.29 is 19.0 Å². The number of benzene rings is 2. The van der Waals surface area contributed by atoms with Crippen molar-refractivity contribution in [3.05, 3.63) is 70.1 Å². The number of ether oxygens (including phenoxy) is 3. The summed E-state index contributed by atoms with van der Waals surface area (Å²) in [7, 11) is 4.74. The van der Waals surface area contributed by atoms with Crippen LogP contribution < -0.4 is 14.2 Å². The summed E-state index contributed by atoms with van der Waals surface area (Å²) in [5, 5.41) is 5.29. The number of ketones is 1. The fourth-order valence-electron chi connectivity index (χ4n) is 4.67. The maximum absolute atomic E-state index is 13.2. The van der Waals surface area contributed by atoms with Gasteiger partial charge in [-0.2, -0.15) is 5.10 Å². The number of halogens is 1. The monoisotopic (exact) mass is 477 g/mol. The number of carbonyl (C=O) groups excluding carboxylic acids is 1. The Balaban J connectivity index is 1.60. The van der Waals surface area contributed by atoms with Crippen molar-refractivity contribution in [2.24, 2.45) is 0 Å². The van der Waals surface area contributed by atoms with E-state index in [1.54, 1.807) is 32.0 Å². The van der Waals surface area contributed by atoms with E-state index in [0.717, 1.165) is 33.7 Å². The van der Waals surface area contributed by atoms with Crippen molar-refractivity contribution in [2.75, 3.05) is 21.3 Å². The third kappa shape index (κ3) is 3.66. The minimum Gasteiger partial charge on any atom is -0.493 e. The lowest BCUT2D eigenvalue weighted by Crippen LogP contribution is -2.21. The molecule has 7 nitrogen and oxygen atoms in total. The number of hydrogen-bond acceptors (Lipinski definition) is 6. The third-order valence-corrected chi connectivity index (χ3v) is 6.58. The van der Waals surface area contributed by atoms with Gasteiger partial charge in [-0.05, 0) is 54.7 Å². The zero-order chi connectivity index (χ0) is 24.0. The van der Waals surface area contributed by atoms with Gasteiger partial charge >= 0.3 is 0 Å². The number of fused-ring (bicyclic) bond motifs is 2. The van der Waals surface area contributed by atoms with Gasteiger partial charge < -0.3 is 14.2 Å². The molecule has 0 saturated carbocycles. The van der Waals surface area contributed by atoms with Crippen molar-refractivity contribution >= 4 is 23.0 Å². The molecule has 0 fully saturated rings. The molecule has 1 aliphatic rings. The molecule has 5 rings (SSSR count). The van der Waals surface area contributed by atoms with Gasteiger partial charge in [-0.15, -0.1) is 0 Å². The summed E-state index contributed by atoms with van der Waals surface area (Å²) in [6.45, 7) is 1.94. The Morgan fingerprint density at radius 3 is 2.29 bits per heavy atom. The summed E-state index contributed by atoms with van der Waals surface area (Å²) < 4.78 is 18.2. The van der Waals surface area contributed by atoms with Gasteiger partial charge in [0.15, 0.2) is 22.9 Å². The molecule has 2 heterocycles. The highest BCUT2D eigenvalue weighted by atomic mass is 35.5. The first-order chi connectivity index (χ1) is 16.4. The van der Waals surface area contributed by atoms with Gasteiger partial charge in [0.1, 0.15) is 0 Å². The lowest BCUT2D eigenvalue weighted by Gasteiger charge is -2.24. The van der Waals surface area contributed by atoms with E-state index < -0.39 is 0 Å². The molecule has 0 N–H and O–H groups in total. The molecule has 174 valence electrons. The quantitative estimate of drug-likeness (QED) is 0.388. The Bertz CT molecular complexity index is 1390. The van der Waals surface area contributed by atoms with Gasteiger partial charge in [-0.25, -0.2) is 9.50 Å². The number of Topliss-reactive ketones (excluding diaryl/α,β-unsaturated/α-hetero) is 1. The second-order valence-electron chi connectivity index (χ2n) is 8.32. The van der Waals surface area contributed by atoms with Crippen molar-refractivity contribution in [1.82, 2.24) is 14.6 Å². The van der Waals surface area contributed by atoms with Crippen LogP contribution in [0.2, 0.25) is 5.02 Å². The number of aromatic nitrogens is 3. The van der Waals surface area contributed by atoms with E-state index in [9.17, 15) is 4.79 Å². The first-order valence-electron chi connectivity index (χ1n) is 10.9. The van der Waals surface area contributed by atoms with Gasteiger partial charge in [0, 0.05) is 23.2 Å². The lowest BCUT2D eigenvalue weighted by atomic mass is 9.82. The highest BCUT2D eigenvalue weighted by molar-refractivity contribution is 6.30. The van der Waals surface area contributed by atoms with E-state index >= 15 is 0 Å². The second kappa shape index (κ2) is 8.65.